The normalized spacial score (nSPS) is 9.28. The van der Waals surface area contributed by atoms with E-state index < -0.39 is 0 Å². The number of carbonyl (C=O) groups is 1. The van der Waals surface area contributed by atoms with Gasteiger partial charge in [0.15, 0.2) is 5.96 Å². The van der Waals surface area contributed by atoms with Gasteiger partial charge in [0.05, 0.1) is 6.42 Å². The van der Waals surface area contributed by atoms with Gasteiger partial charge in [-0.2, -0.15) is 0 Å². The fourth-order valence-electron chi connectivity index (χ4n) is 1.27. The van der Waals surface area contributed by atoms with Gasteiger partial charge in [0.1, 0.15) is 0 Å². The molecular formula is C11H14Cl3N3O. The maximum absolute atomic E-state index is 11.6. The molecule has 0 saturated carbocycles. The van der Waals surface area contributed by atoms with Crippen molar-refractivity contribution >= 4 is 47.5 Å². The number of benzene rings is 1. The molecule has 1 aromatic rings. The van der Waals surface area contributed by atoms with E-state index in [1.54, 1.807) is 18.2 Å². The van der Waals surface area contributed by atoms with E-state index in [1.165, 1.54) is 0 Å². The van der Waals surface area contributed by atoms with Gasteiger partial charge in [-0.3, -0.25) is 15.5 Å². The van der Waals surface area contributed by atoms with Crippen LogP contribution in [0, 0.1) is 5.41 Å². The highest BCUT2D eigenvalue weighted by Crippen LogP contribution is 2.24. The van der Waals surface area contributed by atoms with Crippen LogP contribution in [0.3, 0.4) is 0 Å². The zero-order valence-electron chi connectivity index (χ0n) is 9.72. The maximum atomic E-state index is 11.6. The van der Waals surface area contributed by atoms with E-state index >= 15 is 0 Å². The molecule has 7 heteroatoms. The quantitative estimate of drug-likeness (QED) is 0.593. The Morgan fingerprint density at radius 3 is 2.39 bits per heavy atom. The van der Waals surface area contributed by atoms with Gasteiger partial charge >= 0.3 is 0 Å². The fourth-order valence-corrected chi connectivity index (χ4v) is 1.80. The minimum absolute atomic E-state index is 0. The summed E-state index contributed by atoms with van der Waals surface area (Å²) >= 11 is 11.9. The van der Waals surface area contributed by atoms with E-state index in [2.05, 4.69) is 10.6 Å². The molecule has 0 aliphatic carbocycles. The van der Waals surface area contributed by atoms with Gasteiger partial charge in [-0.25, -0.2) is 0 Å². The molecule has 0 atom stereocenters. The molecular weight excluding hydrogens is 296 g/mol. The van der Waals surface area contributed by atoms with Crippen molar-refractivity contribution in [2.75, 3.05) is 6.54 Å². The number of nitrogens with one attached hydrogen (secondary N) is 3. The lowest BCUT2D eigenvalue weighted by molar-refractivity contribution is -0.119. The number of guanidine groups is 1. The largest absolute Gasteiger partial charge is 0.357 e. The van der Waals surface area contributed by atoms with Gasteiger partial charge < -0.3 is 5.32 Å². The summed E-state index contributed by atoms with van der Waals surface area (Å²) < 4.78 is 0. The molecule has 1 aromatic carbocycles. The number of hydrogen-bond acceptors (Lipinski definition) is 2. The van der Waals surface area contributed by atoms with Crippen LogP contribution in [0.4, 0.5) is 0 Å². The molecule has 0 aromatic heterocycles. The average molecular weight is 311 g/mol. The van der Waals surface area contributed by atoms with Crippen LogP contribution in [0.25, 0.3) is 0 Å². The SMILES string of the molecule is CCNC(=N)NC(=O)Cc1c(Cl)cccc1Cl.Cl. The van der Waals surface area contributed by atoms with Crippen molar-refractivity contribution in [3.05, 3.63) is 33.8 Å². The van der Waals surface area contributed by atoms with Crippen LogP contribution in [0.15, 0.2) is 18.2 Å². The van der Waals surface area contributed by atoms with Crippen molar-refractivity contribution in [1.29, 1.82) is 5.41 Å². The van der Waals surface area contributed by atoms with Gasteiger partial charge in [-0.1, -0.05) is 29.3 Å². The topological polar surface area (TPSA) is 65.0 Å². The summed E-state index contributed by atoms with van der Waals surface area (Å²) in [6.45, 7) is 2.41. The van der Waals surface area contributed by atoms with Crippen molar-refractivity contribution in [2.24, 2.45) is 0 Å². The molecule has 3 N–H and O–H groups in total. The van der Waals surface area contributed by atoms with Crippen LogP contribution in [0.5, 0.6) is 0 Å². The minimum atomic E-state index is -0.328. The number of hydrogen-bond donors (Lipinski definition) is 3. The van der Waals surface area contributed by atoms with Crippen LogP contribution < -0.4 is 10.6 Å². The summed E-state index contributed by atoms with van der Waals surface area (Å²) in [4.78, 5) is 11.6. The molecule has 0 spiro atoms. The Bertz CT molecular complexity index is 417. The Balaban J connectivity index is 0.00000289. The highest BCUT2D eigenvalue weighted by atomic mass is 35.5. The molecule has 4 nitrogen and oxygen atoms in total. The molecule has 0 fully saturated rings. The van der Waals surface area contributed by atoms with Crippen LogP contribution >= 0.6 is 35.6 Å². The van der Waals surface area contributed by atoms with Crippen LogP contribution in [-0.2, 0) is 11.2 Å². The summed E-state index contributed by atoms with van der Waals surface area (Å²) in [6.07, 6.45) is 0.0479. The fraction of sp³-hybridized carbons (Fsp3) is 0.273. The standard InChI is InChI=1S/C11H13Cl2N3O.ClH/c1-2-15-11(14)16-10(17)6-7-8(12)4-3-5-9(7)13;/h3-5H,2,6H2,1H3,(H3,14,15,16,17);1H. The molecule has 18 heavy (non-hydrogen) atoms. The number of amides is 1. The van der Waals surface area contributed by atoms with E-state index in [-0.39, 0.29) is 30.7 Å². The third kappa shape index (κ3) is 5.12. The first-order valence-electron chi connectivity index (χ1n) is 5.09. The summed E-state index contributed by atoms with van der Waals surface area (Å²) in [5, 5.41) is 13.4. The zero-order chi connectivity index (χ0) is 12.8. The third-order valence-corrected chi connectivity index (χ3v) is 2.73. The summed E-state index contributed by atoms with van der Waals surface area (Å²) in [7, 11) is 0. The molecule has 0 aliphatic heterocycles. The summed E-state index contributed by atoms with van der Waals surface area (Å²) in [5.74, 6) is -0.355. The predicted octanol–water partition coefficient (Wildman–Crippen LogP) is 2.62. The lowest BCUT2D eigenvalue weighted by Gasteiger charge is -2.09. The van der Waals surface area contributed by atoms with Crippen molar-refractivity contribution in [2.45, 2.75) is 13.3 Å². The van der Waals surface area contributed by atoms with Crippen LogP contribution in [0.2, 0.25) is 10.0 Å². The molecule has 0 heterocycles. The Morgan fingerprint density at radius 2 is 1.89 bits per heavy atom. The highest BCUT2D eigenvalue weighted by molar-refractivity contribution is 6.36. The van der Waals surface area contributed by atoms with Gasteiger partial charge in [0.25, 0.3) is 0 Å². The molecule has 1 amide bonds. The van der Waals surface area contributed by atoms with Crippen molar-refractivity contribution in [1.82, 2.24) is 10.6 Å². The average Bonchev–Trinajstić information content (AvgIpc) is 2.24. The van der Waals surface area contributed by atoms with E-state index in [0.717, 1.165) is 0 Å². The van der Waals surface area contributed by atoms with E-state index in [9.17, 15) is 4.79 Å². The predicted molar refractivity (Wildman–Crippen MR) is 77.0 cm³/mol. The molecule has 0 bridgehead atoms. The molecule has 0 radical (unpaired) electrons. The number of halogens is 3. The Morgan fingerprint density at radius 1 is 1.33 bits per heavy atom. The number of carbonyl (C=O) groups excluding carboxylic acids is 1. The second-order valence-electron chi connectivity index (χ2n) is 3.33. The first-order valence-corrected chi connectivity index (χ1v) is 5.85. The minimum Gasteiger partial charge on any atom is -0.357 e. The molecule has 0 saturated heterocycles. The second-order valence-corrected chi connectivity index (χ2v) is 4.14. The van der Waals surface area contributed by atoms with Crippen molar-refractivity contribution in [3.63, 3.8) is 0 Å². The van der Waals surface area contributed by atoms with Crippen molar-refractivity contribution < 1.29 is 4.79 Å². The Kier molecular flexibility index (Phi) is 7.75. The first kappa shape index (κ1) is 17.0. The second kappa shape index (κ2) is 8.19. The monoisotopic (exact) mass is 309 g/mol. The number of rotatable bonds is 3. The smallest absolute Gasteiger partial charge is 0.231 e. The third-order valence-electron chi connectivity index (χ3n) is 2.02. The molecule has 0 aliphatic rings. The molecule has 100 valence electrons. The lowest BCUT2D eigenvalue weighted by atomic mass is 10.1. The van der Waals surface area contributed by atoms with Crippen LogP contribution in [0.1, 0.15) is 12.5 Å². The molecule has 0 unspecified atom stereocenters. The van der Waals surface area contributed by atoms with Crippen molar-refractivity contribution in [3.8, 4) is 0 Å². The first-order chi connectivity index (χ1) is 8.04. The van der Waals surface area contributed by atoms with Gasteiger partial charge in [0, 0.05) is 16.6 Å². The van der Waals surface area contributed by atoms with E-state index in [0.29, 0.717) is 22.2 Å². The zero-order valence-corrected chi connectivity index (χ0v) is 12.0. The van der Waals surface area contributed by atoms with Gasteiger partial charge in [-0.05, 0) is 24.6 Å². The van der Waals surface area contributed by atoms with E-state index in [1.807, 2.05) is 6.92 Å². The maximum Gasteiger partial charge on any atom is 0.231 e. The van der Waals surface area contributed by atoms with Crippen LogP contribution in [-0.4, -0.2) is 18.4 Å². The summed E-state index contributed by atoms with van der Waals surface area (Å²) in [5.41, 5.74) is 0.567. The highest BCUT2D eigenvalue weighted by Gasteiger charge is 2.11. The summed E-state index contributed by atoms with van der Waals surface area (Å²) in [6, 6.07) is 5.06. The van der Waals surface area contributed by atoms with E-state index in [4.69, 9.17) is 28.6 Å². The lowest BCUT2D eigenvalue weighted by Crippen LogP contribution is -2.40. The Hall–Kier alpha value is -0.970. The Labute approximate surface area is 122 Å². The van der Waals surface area contributed by atoms with Gasteiger partial charge in [-0.15, -0.1) is 12.4 Å². The van der Waals surface area contributed by atoms with Gasteiger partial charge in [0.2, 0.25) is 5.91 Å². The molecule has 1 rings (SSSR count).